The number of hydrogen-bond donors (Lipinski definition) is 1. The van der Waals surface area contributed by atoms with Crippen molar-refractivity contribution in [3.8, 4) is 22.7 Å². The van der Waals surface area contributed by atoms with Crippen molar-refractivity contribution in [1.82, 2.24) is 14.5 Å². The van der Waals surface area contributed by atoms with Crippen LogP contribution in [0.1, 0.15) is 29.8 Å². The van der Waals surface area contributed by atoms with Crippen LogP contribution in [0.4, 0.5) is 5.95 Å². The fourth-order valence-electron chi connectivity index (χ4n) is 4.13. The molecule has 1 heterocycles. The maximum atomic E-state index is 13.3. The lowest BCUT2D eigenvalue weighted by Gasteiger charge is -2.24. The Hall–Kier alpha value is -4.39. The summed E-state index contributed by atoms with van der Waals surface area (Å²) in [5.41, 5.74) is 4.14. The van der Waals surface area contributed by atoms with Crippen molar-refractivity contribution in [3.05, 3.63) is 96.2 Å². The molecule has 3 aromatic carbocycles. The Morgan fingerprint density at radius 1 is 1.00 bits per heavy atom. The number of nitrogens with one attached hydrogen (secondary N) is 1. The number of ether oxygens (including phenoxy) is 1. The SMILES string of the molecule is COc1cccc(C(=O)N(CC(=O)Nc2nc(-c3ccccc3)cn2-c2cccc(C)c2)CC(C)C)c1. The molecule has 0 saturated heterocycles. The largest absolute Gasteiger partial charge is 0.497 e. The van der Waals surface area contributed by atoms with Gasteiger partial charge in [-0.25, -0.2) is 4.98 Å². The van der Waals surface area contributed by atoms with Gasteiger partial charge in [-0.2, -0.15) is 0 Å². The summed E-state index contributed by atoms with van der Waals surface area (Å²) >= 11 is 0. The van der Waals surface area contributed by atoms with Crippen LogP contribution in [-0.2, 0) is 4.79 Å². The Kier molecular flexibility index (Phi) is 8.03. The molecule has 4 aromatic rings. The number of carbonyl (C=O) groups is 2. The minimum atomic E-state index is -0.323. The third kappa shape index (κ3) is 6.44. The first kappa shape index (κ1) is 25.7. The molecular weight excluding hydrogens is 464 g/mol. The van der Waals surface area contributed by atoms with Gasteiger partial charge in [0.1, 0.15) is 12.3 Å². The monoisotopic (exact) mass is 496 g/mol. The predicted molar refractivity (Wildman–Crippen MR) is 146 cm³/mol. The van der Waals surface area contributed by atoms with Crippen LogP contribution in [0.15, 0.2) is 85.1 Å². The van der Waals surface area contributed by atoms with Gasteiger partial charge in [-0.3, -0.25) is 19.5 Å². The van der Waals surface area contributed by atoms with E-state index >= 15 is 0 Å². The predicted octanol–water partition coefficient (Wildman–Crippen LogP) is 5.59. The summed E-state index contributed by atoms with van der Waals surface area (Å²) in [5.74, 6) is 0.619. The third-order valence-corrected chi connectivity index (χ3v) is 5.83. The molecule has 1 aromatic heterocycles. The molecule has 1 N–H and O–H groups in total. The maximum absolute atomic E-state index is 13.3. The van der Waals surface area contributed by atoms with Crippen molar-refractivity contribution in [2.75, 3.05) is 25.5 Å². The lowest BCUT2D eigenvalue weighted by atomic mass is 10.1. The molecule has 7 nitrogen and oxygen atoms in total. The van der Waals surface area contributed by atoms with E-state index in [0.29, 0.717) is 23.8 Å². The summed E-state index contributed by atoms with van der Waals surface area (Å²) in [5, 5.41) is 2.95. The molecule has 0 unspecified atom stereocenters. The van der Waals surface area contributed by atoms with Gasteiger partial charge >= 0.3 is 0 Å². The standard InChI is InChI=1S/C30H32N4O3/c1-21(2)18-33(29(36)24-13-9-15-26(17-24)37-4)20-28(35)32-30-31-27(23-11-6-5-7-12-23)19-34(30)25-14-8-10-22(3)16-25/h5-17,19,21H,18,20H2,1-4H3,(H,31,32,35). The van der Waals surface area contributed by atoms with E-state index in [9.17, 15) is 9.59 Å². The molecule has 0 fully saturated rings. The van der Waals surface area contributed by atoms with E-state index in [0.717, 1.165) is 22.5 Å². The number of rotatable bonds is 9. The molecule has 0 atom stereocenters. The lowest BCUT2D eigenvalue weighted by Crippen LogP contribution is -2.40. The van der Waals surface area contributed by atoms with Gasteiger partial charge < -0.3 is 9.64 Å². The summed E-state index contributed by atoms with van der Waals surface area (Å²) in [7, 11) is 1.56. The minimum absolute atomic E-state index is 0.102. The van der Waals surface area contributed by atoms with Gasteiger partial charge in [0.05, 0.1) is 12.8 Å². The van der Waals surface area contributed by atoms with Gasteiger partial charge in [0.25, 0.3) is 5.91 Å². The van der Waals surface area contributed by atoms with Crippen molar-refractivity contribution in [3.63, 3.8) is 0 Å². The fraction of sp³-hybridized carbons (Fsp3) is 0.233. The highest BCUT2D eigenvalue weighted by molar-refractivity contribution is 5.99. The van der Waals surface area contributed by atoms with E-state index in [4.69, 9.17) is 9.72 Å². The average molecular weight is 497 g/mol. The summed E-state index contributed by atoms with van der Waals surface area (Å²) in [4.78, 5) is 32.9. The zero-order valence-corrected chi connectivity index (χ0v) is 21.6. The van der Waals surface area contributed by atoms with E-state index in [1.807, 2.05) is 86.1 Å². The first-order valence-electron chi connectivity index (χ1n) is 12.3. The number of benzene rings is 3. The van der Waals surface area contributed by atoms with Crippen molar-refractivity contribution in [2.45, 2.75) is 20.8 Å². The smallest absolute Gasteiger partial charge is 0.254 e. The first-order valence-corrected chi connectivity index (χ1v) is 12.3. The summed E-state index contributed by atoms with van der Waals surface area (Å²) in [6, 6.07) is 24.8. The highest BCUT2D eigenvalue weighted by Gasteiger charge is 2.22. The van der Waals surface area contributed by atoms with Gasteiger partial charge in [0.15, 0.2) is 0 Å². The van der Waals surface area contributed by atoms with Crippen LogP contribution >= 0.6 is 0 Å². The lowest BCUT2D eigenvalue weighted by molar-refractivity contribution is -0.117. The number of aromatic nitrogens is 2. The topological polar surface area (TPSA) is 76.5 Å². The van der Waals surface area contributed by atoms with Crippen LogP contribution in [0.25, 0.3) is 16.9 Å². The van der Waals surface area contributed by atoms with E-state index in [-0.39, 0.29) is 24.3 Å². The van der Waals surface area contributed by atoms with Crippen molar-refractivity contribution in [2.24, 2.45) is 5.92 Å². The molecule has 2 amide bonds. The molecule has 7 heteroatoms. The molecule has 0 aliphatic heterocycles. The van der Waals surface area contributed by atoms with Crippen LogP contribution in [0.5, 0.6) is 5.75 Å². The Bertz CT molecular complexity index is 1380. The van der Waals surface area contributed by atoms with E-state index in [2.05, 4.69) is 5.32 Å². The van der Waals surface area contributed by atoms with Crippen LogP contribution in [0.3, 0.4) is 0 Å². The number of hydrogen-bond acceptors (Lipinski definition) is 4. The fourth-order valence-corrected chi connectivity index (χ4v) is 4.13. The third-order valence-electron chi connectivity index (χ3n) is 5.83. The molecule has 37 heavy (non-hydrogen) atoms. The number of carbonyl (C=O) groups excluding carboxylic acids is 2. The van der Waals surface area contributed by atoms with Crippen LogP contribution in [0.2, 0.25) is 0 Å². The summed E-state index contributed by atoms with van der Waals surface area (Å²) < 4.78 is 7.13. The van der Waals surface area contributed by atoms with E-state index in [1.54, 1.807) is 36.3 Å². The molecule has 0 radical (unpaired) electrons. The highest BCUT2D eigenvalue weighted by Crippen LogP contribution is 2.25. The molecule has 0 saturated carbocycles. The second-order valence-corrected chi connectivity index (χ2v) is 9.38. The van der Waals surface area contributed by atoms with Crippen LogP contribution in [-0.4, -0.2) is 46.5 Å². The minimum Gasteiger partial charge on any atom is -0.497 e. The Balaban J connectivity index is 1.61. The average Bonchev–Trinajstić information content (AvgIpc) is 3.31. The van der Waals surface area contributed by atoms with Crippen molar-refractivity contribution in [1.29, 1.82) is 0 Å². The molecule has 0 aliphatic carbocycles. The van der Waals surface area contributed by atoms with Crippen LogP contribution in [0, 0.1) is 12.8 Å². The molecule has 4 rings (SSSR count). The number of aryl methyl sites for hydroxylation is 1. The molecule has 0 spiro atoms. The first-order chi connectivity index (χ1) is 17.8. The van der Waals surface area contributed by atoms with Crippen LogP contribution < -0.4 is 10.1 Å². The zero-order chi connectivity index (χ0) is 26.4. The van der Waals surface area contributed by atoms with Crippen molar-refractivity contribution < 1.29 is 14.3 Å². The van der Waals surface area contributed by atoms with E-state index < -0.39 is 0 Å². The molecule has 0 aliphatic rings. The summed E-state index contributed by atoms with van der Waals surface area (Å²) in [6.07, 6.45) is 1.91. The number of nitrogens with zero attached hydrogens (tertiary/aromatic N) is 3. The van der Waals surface area contributed by atoms with Gasteiger partial charge in [-0.15, -0.1) is 0 Å². The van der Waals surface area contributed by atoms with Gasteiger partial charge in [-0.1, -0.05) is 62.4 Å². The number of anilines is 1. The second kappa shape index (κ2) is 11.6. The summed E-state index contributed by atoms with van der Waals surface area (Å²) in [6.45, 7) is 6.38. The van der Waals surface area contributed by atoms with Crippen molar-refractivity contribution >= 4 is 17.8 Å². The maximum Gasteiger partial charge on any atom is 0.254 e. The van der Waals surface area contributed by atoms with Gasteiger partial charge in [-0.05, 0) is 48.7 Å². The Morgan fingerprint density at radius 2 is 1.76 bits per heavy atom. The number of methoxy groups -OCH3 is 1. The molecule has 190 valence electrons. The van der Waals surface area contributed by atoms with Gasteiger partial charge in [0, 0.05) is 29.6 Å². The zero-order valence-electron chi connectivity index (χ0n) is 21.6. The second-order valence-electron chi connectivity index (χ2n) is 9.38. The van der Waals surface area contributed by atoms with Gasteiger partial charge in [0.2, 0.25) is 11.9 Å². The number of amides is 2. The number of imidazole rings is 1. The molecule has 0 bridgehead atoms. The highest BCUT2D eigenvalue weighted by atomic mass is 16.5. The quantitative estimate of drug-likeness (QED) is 0.328. The normalized spacial score (nSPS) is 10.8. The Labute approximate surface area is 217 Å². The molecular formula is C30H32N4O3. The Morgan fingerprint density at radius 3 is 2.46 bits per heavy atom. The van der Waals surface area contributed by atoms with E-state index in [1.165, 1.54) is 0 Å².